The zero-order valence-corrected chi connectivity index (χ0v) is 20.0. The number of nitrogens with two attached hydrogens (primary N) is 1. The largest absolute Gasteiger partial charge is 0.488 e. The van der Waals surface area contributed by atoms with Crippen LogP contribution in [0.3, 0.4) is 0 Å². The Balaban J connectivity index is 1.78. The smallest absolute Gasteiger partial charge is 0.310 e. The maximum atomic E-state index is 15.3. The first kappa shape index (κ1) is 24.4. The molecule has 7 heteroatoms. The number of hydrogen-bond acceptors (Lipinski definition) is 4. The first-order valence-corrected chi connectivity index (χ1v) is 11.4. The Morgan fingerprint density at radius 3 is 2.54 bits per heavy atom. The molecule has 0 aliphatic rings. The summed E-state index contributed by atoms with van der Waals surface area (Å²) in [7, 11) is 1.30. The van der Waals surface area contributed by atoms with Crippen LogP contribution in [-0.4, -0.2) is 17.6 Å². The third-order valence-electron chi connectivity index (χ3n) is 6.03. The van der Waals surface area contributed by atoms with Gasteiger partial charge in [0.05, 0.1) is 13.5 Å². The number of benzene rings is 3. The second kappa shape index (κ2) is 10.3. The second-order valence-corrected chi connectivity index (χ2v) is 8.67. The van der Waals surface area contributed by atoms with Gasteiger partial charge in [0.1, 0.15) is 24.0 Å². The van der Waals surface area contributed by atoms with E-state index >= 15 is 4.39 Å². The van der Waals surface area contributed by atoms with Crippen LogP contribution in [0.2, 0.25) is 0 Å². The molecule has 0 aliphatic carbocycles. The average Bonchev–Trinajstić information content (AvgIpc) is 3.28. The normalized spacial score (nSPS) is 11.3. The highest BCUT2D eigenvalue weighted by Gasteiger charge is 2.17. The third kappa shape index (κ3) is 5.05. The highest BCUT2D eigenvalue weighted by Crippen LogP contribution is 2.35. The number of carbonyl (C=O) groups excluding carboxylic acids is 1. The van der Waals surface area contributed by atoms with Crippen molar-refractivity contribution in [2.75, 3.05) is 7.11 Å². The molecule has 5 nitrogen and oxygen atoms in total. The predicted molar refractivity (Wildman–Crippen MR) is 132 cm³/mol. The lowest BCUT2D eigenvalue weighted by Crippen LogP contribution is -2.07. The van der Waals surface area contributed by atoms with Crippen molar-refractivity contribution in [2.45, 2.75) is 39.5 Å². The molecule has 35 heavy (non-hydrogen) atoms. The molecule has 0 aliphatic heterocycles. The number of hydrogen-bond donors (Lipinski definition) is 1. The molecule has 4 aromatic rings. The number of nitrogens with zero attached hydrogens (tertiary/aromatic N) is 1. The highest BCUT2D eigenvalue weighted by atomic mass is 19.1. The summed E-state index contributed by atoms with van der Waals surface area (Å²) in [6, 6.07) is 15.3. The summed E-state index contributed by atoms with van der Waals surface area (Å²) in [5, 5.41) is 0.910. The van der Waals surface area contributed by atoms with Crippen molar-refractivity contribution in [3.63, 3.8) is 0 Å². The molecular formula is C28H28F2N2O3. The van der Waals surface area contributed by atoms with E-state index in [1.54, 1.807) is 18.2 Å². The van der Waals surface area contributed by atoms with E-state index in [2.05, 4.69) is 18.4 Å². The van der Waals surface area contributed by atoms with E-state index in [-0.39, 0.29) is 37.2 Å². The van der Waals surface area contributed by atoms with Gasteiger partial charge in [0, 0.05) is 52.4 Å². The van der Waals surface area contributed by atoms with Crippen LogP contribution in [-0.2, 0) is 29.1 Å². The van der Waals surface area contributed by atoms with Gasteiger partial charge in [-0.15, -0.1) is 0 Å². The molecule has 0 saturated carbocycles. The van der Waals surface area contributed by atoms with Crippen molar-refractivity contribution >= 4 is 16.9 Å². The van der Waals surface area contributed by atoms with Crippen LogP contribution in [0.15, 0.2) is 60.8 Å². The van der Waals surface area contributed by atoms with Crippen molar-refractivity contribution in [2.24, 2.45) is 5.73 Å². The van der Waals surface area contributed by atoms with Crippen molar-refractivity contribution in [3.05, 3.63) is 89.1 Å². The van der Waals surface area contributed by atoms with Crippen molar-refractivity contribution < 1.29 is 23.0 Å². The summed E-state index contributed by atoms with van der Waals surface area (Å²) in [5.74, 6) is -1.01. The summed E-state index contributed by atoms with van der Waals surface area (Å²) >= 11 is 0. The van der Waals surface area contributed by atoms with Gasteiger partial charge >= 0.3 is 5.97 Å². The standard InChI is InChI=1S/C28H28F2N2O3/c1-17(2)32-10-9-22-24(23-6-4-5-20(15-31)28(23)30)11-18(12-25(22)32)16-35-26-14-21(29)8-7-19(26)13-27(33)34-3/h4-12,14,17H,13,15-16,31H2,1-3H3. The maximum Gasteiger partial charge on any atom is 0.310 e. The minimum Gasteiger partial charge on any atom is -0.488 e. The Morgan fingerprint density at radius 1 is 1.03 bits per heavy atom. The molecular weight excluding hydrogens is 450 g/mol. The predicted octanol–water partition coefficient (Wildman–Crippen LogP) is 5.92. The first-order valence-electron chi connectivity index (χ1n) is 11.4. The Labute approximate surface area is 203 Å². The Hall–Kier alpha value is -3.71. The number of halogens is 2. The summed E-state index contributed by atoms with van der Waals surface area (Å²) in [6.07, 6.45) is 1.94. The maximum absolute atomic E-state index is 15.3. The van der Waals surface area contributed by atoms with Crippen LogP contribution >= 0.6 is 0 Å². The van der Waals surface area contributed by atoms with Gasteiger partial charge in [-0.2, -0.15) is 0 Å². The van der Waals surface area contributed by atoms with Crippen LogP contribution in [0.4, 0.5) is 8.78 Å². The minimum atomic E-state index is -0.473. The lowest BCUT2D eigenvalue weighted by molar-refractivity contribution is -0.139. The Morgan fingerprint density at radius 2 is 1.83 bits per heavy atom. The van der Waals surface area contributed by atoms with E-state index in [1.807, 2.05) is 24.4 Å². The van der Waals surface area contributed by atoms with Crippen LogP contribution in [0.5, 0.6) is 5.75 Å². The molecule has 0 fully saturated rings. The van der Waals surface area contributed by atoms with E-state index in [1.165, 1.54) is 25.3 Å². The van der Waals surface area contributed by atoms with E-state index in [0.29, 0.717) is 16.7 Å². The zero-order chi connectivity index (χ0) is 25.1. The van der Waals surface area contributed by atoms with Crippen LogP contribution in [0.1, 0.15) is 36.6 Å². The molecule has 0 amide bonds. The molecule has 4 rings (SSSR count). The fourth-order valence-electron chi connectivity index (χ4n) is 4.22. The highest BCUT2D eigenvalue weighted by molar-refractivity contribution is 5.96. The summed E-state index contributed by atoms with van der Waals surface area (Å²) < 4.78 is 42.0. The molecule has 0 unspecified atom stereocenters. The molecule has 3 aromatic carbocycles. The molecule has 0 atom stereocenters. The van der Waals surface area contributed by atoms with E-state index in [0.717, 1.165) is 22.0 Å². The van der Waals surface area contributed by atoms with Gasteiger partial charge in [0.15, 0.2) is 0 Å². The molecule has 2 N–H and O–H groups in total. The van der Waals surface area contributed by atoms with E-state index < -0.39 is 11.8 Å². The topological polar surface area (TPSA) is 66.5 Å². The van der Waals surface area contributed by atoms with Crippen LogP contribution in [0, 0.1) is 11.6 Å². The number of methoxy groups -OCH3 is 1. The number of aromatic nitrogens is 1. The second-order valence-electron chi connectivity index (χ2n) is 8.67. The fraction of sp³-hybridized carbons (Fsp3) is 0.250. The SMILES string of the molecule is COC(=O)Cc1ccc(F)cc1OCc1cc(-c2cccc(CN)c2F)c2ccn(C(C)C)c2c1. The summed E-state index contributed by atoms with van der Waals surface area (Å²) in [6.45, 7) is 4.34. The third-order valence-corrected chi connectivity index (χ3v) is 6.03. The van der Waals surface area contributed by atoms with Gasteiger partial charge in [-0.1, -0.05) is 24.3 Å². The van der Waals surface area contributed by atoms with Gasteiger partial charge in [-0.05, 0) is 49.2 Å². The number of rotatable bonds is 8. The molecule has 0 bridgehead atoms. The van der Waals surface area contributed by atoms with Crippen LogP contribution < -0.4 is 10.5 Å². The lowest BCUT2D eigenvalue weighted by Gasteiger charge is -2.16. The zero-order valence-electron chi connectivity index (χ0n) is 20.0. The van der Waals surface area contributed by atoms with E-state index in [9.17, 15) is 9.18 Å². The first-order chi connectivity index (χ1) is 16.8. The monoisotopic (exact) mass is 478 g/mol. The van der Waals surface area contributed by atoms with E-state index in [4.69, 9.17) is 15.2 Å². The molecule has 1 heterocycles. The Bertz CT molecular complexity index is 1380. The van der Waals surface area contributed by atoms with Crippen molar-refractivity contribution in [1.82, 2.24) is 4.57 Å². The van der Waals surface area contributed by atoms with Gasteiger partial charge in [-0.3, -0.25) is 4.79 Å². The van der Waals surface area contributed by atoms with Gasteiger partial charge in [0.2, 0.25) is 0 Å². The Kier molecular flexibility index (Phi) is 7.17. The molecule has 182 valence electrons. The lowest BCUT2D eigenvalue weighted by atomic mass is 9.96. The summed E-state index contributed by atoms with van der Waals surface area (Å²) in [5.41, 5.74) is 9.59. The van der Waals surface area contributed by atoms with Crippen LogP contribution in [0.25, 0.3) is 22.0 Å². The summed E-state index contributed by atoms with van der Waals surface area (Å²) in [4.78, 5) is 11.8. The minimum absolute atomic E-state index is 0.0380. The number of carbonyl (C=O) groups is 1. The van der Waals surface area contributed by atoms with Crippen molar-refractivity contribution in [1.29, 1.82) is 0 Å². The number of esters is 1. The fourth-order valence-corrected chi connectivity index (χ4v) is 4.22. The number of ether oxygens (including phenoxy) is 2. The van der Waals surface area contributed by atoms with Crippen molar-refractivity contribution in [3.8, 4) is 16.9 Å². The quantitative estimate of drug-likeness (QED) is 0.319. The van der Waals surface area contributed by atoms with Gasteiger partial charge < -0.3 is 19.8 Å². The number of fused-ring (bicyclic) bond motifs is 1. The molecule has 0 radical (unpaired) electrons. The molecule has 0 saturated heterocycles. The van der Waals surface area contributed by atoms with Gasteiger partial charge in [0.25, 0.3) is 0 Å². The molecule has 1 aromatic heterocycles. The average molecular weight is 479 g/mol. The van der Waals surface area contributed by atoms with Gasteiger partial charge in [-0.25, -0.2) is 8.78 Å². The molecule has 0 spiro atoms.